The Balaban J connectivity index is 3.66. The largest absolute Gasteiger partial charge is 0.395 e. The van der Waals surface area contributed by atoms with Crippen LogP contribution in [0.4, 0.5) is 0 Å². The predicted molar refractivity (Wildman–Crippen MR) is 42.3 cm³/mol. The molecule has 0 aromatic carbocycles. The Labute approximate surface area is 67.1 Å². The molecule has 0 aromatic rings. The first kappa shape index (κ1) is 10.8. The van der Waals surface area contributed by atoms with E-state index in [-0.39, 0.29) is 25.9 Å². The molecule has 1 atom stereocenters. The lowest BCUT2D eigenvalue weighted by atomic mass is 10.3. The number of hydrogen-bond acceptors (Lipinski definition) is 4. The Kier molecular flexibility index (Phi) is 6.45. The van der Waals surface area contributed by atoms with Crippen LogP contribution in [0.3, 0.4) is 0 Å². The van der Waals surface area contributed by atoms with Crippen LogP contribution in [-0.2, 0) is 0 Å². The highest BCUT2D eigenvalue weighted by atomic mass is 16.3. The fraction of sp³-hybridized carbons (Fsp3) is 1.00. The van der Waals surface area contributed by atoms with Gasteiger partial charge in [-0.05, 0) is 6.92 Å². The van der Waals surface area contributed by atoms with Crippen molar-refractivity contribution in [2.45, 2.75) is 13.0 Å². The number of rotatable bonds is 6. The Morgan fingerprint density at radius 2 is 1.55 bits per heavy atom. The van der Waals surface area contributed by atoms with Gasteiger partial charge < -0.3 is 15.3 Å². The van der Waals surface area contributed by atoms with Crippen molar-refractivity contribution in [1.82, 2.24) is 4.90 Å². The molecule has 0 amide bonds. The molecule has 0 bridgehead atoms. The van der Waals surface area contributed by atoms with Crippen LogP contribution in [0, 0.1) is 0 Å². The Hall–Kier alpha value is -0.160. The van der Waals surface area contributed by atoms with Gasteiger partial charge in [-0.15, -0.1) is 0 Å². The summed E-state index contributed by atoms with van der Waals surface area (Å²) in [5, 5.41) is 26.0. The SMILES string of the molecule is CC(CO)N(CCO)CCO. The van der Waals surface area contributed by atoms with Crippen molar-refractivity contribution in [3.05, 3.63) is 0 Å². The third-order valence-electron chi connectivity index (χ3n) is 1.66. The van der Waals surface area contributed by atoms with Crippen molar-refractivity contribution < 1.29 is 15.3 Å². The average molecular weight is 163 g/mol. The van der Waals surface area contributed by atoms with Crippen LogP contribution in [0.5, 0.6) is 0 Å². The predicted octanol–water partition coefficient (Wildman–Crippen LogP) is -1.35. The Morgan fingerprint density at radius 3 is 1.82 bits per heavy atom. The molecule has 4 heteroatoms. The van der Waals surface area contributed by atoms with Crippen molar-refractivity contribution in [2.75, 3.05) is 32.9 Å². The molecule has 0 heterocycles. The number of aliphatic hydroxyl groups is 3. The van der Waals surface area contributed by atoms with E-state index in [9.17, 15) is 0 Å². The fourth-order valence-corrected chi connectivity index (χ4v) is 0.925. The third kappa shape index (κ3) is 4.31. The topological polar surface area (TPSA) is 63.9 Å². The minimum Gasteiger partial charge on any atom is -0.395 e. The number of nitrogens with zero attached hydrogens (tertiary/aromatic N) is 1. The maximum atomic E-state index is 8.75. The molecule has 0 spiro atoms. The van der Waals surface area contributed by atoms with Gasteiger partial charge in [0, 0.05) is 19.1 Å². The van der Waals surface area contributed by atoms with Gasteiger partial charge in [-0.1, -0.05) is 0 Å². The molecule has 68 valence electrons. The monoisotopic (exact) mass is 163 g/mol. The van der Waals surface area contributed by atoms with Gasteiger partial charge in [-0.2, -0.15) is 0 Å². The van der Waals surface area contributed by atoms with Crippen LogP contribution in [0.1, 0.15) is 6.92 Å². The summed E-state index contributed by atoms with van der Waals surface area (Å²) in [7, 11) is 0. The average Bonchev–Trinajstić information content (AvgIpc) is 2.03. The molecule has 0 aliphatic carbocycles. The molecule has 0 radical (unpaired) electrons. The molecule has 0 aliphatic rings. The van der Waals surface area contributed by atoms with Crippen LogP contribution in [0.25, 0.3) is 0 Å². The first-order valence-corrected chi connectivity index (χ1v) is 3.82. The van der Waals surface area contributed by atoms with Crippen molar-refractivity contribution in [3.63, 3.8) is 0 Å². The van der Waals surface area contributed by atoms with Crippen molar-refractivity contribution in [3.8, 4) is 0 Å². The summed E-state index contributed by atoms with van der Waals surface area (Å²) in [6, 6.07) is 0.00861. The standard InChI is InChI=1S/C7H17NO3/c1-7(6-11)8(2-4-9)3-5-10/h7,9-11H,2-6H2,1H3. The zero-order valence-electron chi connectivity index (χ0n) is 6.90. The summed E-state index contributed by atoms with van der Waals surface area (Å²) in [6.45, 7) is 3.03. The van der Waals surface area contributed by atoms with Gasteiger partial charge >= 0.3 is 0 Å². The van der Waals surface area contributed by atoms with E-state index >= 15 is 0 Å². The van der Waals surface area contributed by atoms with Crippen LogP contribution in [-0.4, -0.2) is 59.2 Å². The lowest BCUT2D eigenvalue weighted by Gasteiger charge is -2.25. The maximum Gasteiger partial charge on any atom is 0.0584 e. The Morgan fingerprint density at radius 1 is 1.09 bits per heavy atom. The lowest BCUT2D eigenvalue weighted by Crippen LogP contribution is -2.39. The molecule has 4 nitrogen and oxygen atoms in total. The van der Waals surface area contributed by atoms with Gasteiger partial charge in [0.2, 0.25) is 0 Å². The van der Waals surface area contributed by atoms with Crippen LogP contribution < -0.4 is 0 Å². The molecular formula is C7H17NO3. The van der Waals surface area contributed by atoms with Gasteiger partial charge in [0.25, 0.3) is 0 Å². The summed E-state index contributed by atoms with van der Waals surface area (Å²) in [4.78, 5) is 1.83. The van der Waals surface area contributed by atoms with Crippen molar-refractivity contribution in [2.24, 2.45) is 0 Å². The third-order valence-corrected chi connectivity index (χ3v) is 1.66. The molecule has 3 N–H and O–H groups in total. The second-order valence-corrected chi connectivity index (χ2v) is 2.51. The Bertz CT molecular complexity index is 83.8. The van der Waals surface area contributed by atoms with Crippen molar-refractivity contribution in [1.29, 1.82) is 0 Å². The normalized spacial score (nSPS) is 13.9. The van der Waals surface area contributed by atoms with Gasteiger partial charge in [-0.25, -0.2) is 0 Å². The summed E-state index contributed by atoms with van der Waals surface area (Å²) < 4.78 is 0. The van der Waals surface area contributed by atoms with E-state index in [1.807, 2.05) is 11.8 Å². The fourth-order valence-electron chi connectivity index (χ4n) is 0.925. The van der Waals surface area contributed by atoms with Gasteiger partial charge in [0.15, 0.2) is 0 Å². The minimum atomic E-state index is 0.00861. The number of hydrogen-bond donors (Lipinski definition) is 3. The van der Waals surface area contributed by atoms with E-state index in [0.29, 0.717) is 13.1 Å². The van der Waals surface area contributed by atoms with E-state index in [4.69, 9.17) is 15.3 Å². The zero-order chi connectivity index (χ0) is 8.69. The highest BCUT2D eigenvalue weighted by Gasteiger charge is 2.10. The van der Waals surface area contributed by atoms with E-state index in [1.165, 1.54) is 0 Å². The van der Waals surface area contributed by atoms with E-state index in [1.54, 1.807) is 0 Å². The molecule has 0 aromatic heterocycles. The van der Waals surface area contributed by atoms with E-state index < -0.39 is 0 Å². The minimum absolute atomic E-state index is 0.00861. The van der Waals surface area contributed by atoms with Gasteiger partial charge in [0.1, 0.15) is 0 Å². The molecule has 0 aliphatic heterocycles. The highest BCUT2D eigenvalue weighted by Crippen LogP contribution is 1.95. The molecule has 1 unspecified atom stereocenters. The maximum absolute atomic E-state index is 8.75. The summed E-state index contributed by atoms with van der Waals surface area (Å²) in [5.74, 6) is 0. The second-order valence-electron chi connectivity index (χ2n) is 2.51. The smallest absolute Gasteiger partial charge is 0.0584 e. The quantitative estimate of drug-likeness (QED) is 0.453. The molecule has 0 fully saturated rings. The molecule has 11 heavy (non-hydrogen) atoms. The van der Waals surface area contributed by atoms with Gasteiger partial charge in [0.05, 0.1) is 19.8 Å². The summed E-state index contributed by atoms with van der Waals surface area (Å²) in [6.07, 6.45) is 0. The summed E-state index contributed by atoms with van der Waals surface area (Å²) >= 11 is 0. The van der Waals surface area contributed by atoms with Gasteiger partial charge in [-0.3, -0.25) is 4.90 Å². The molecule has 0 saturated heterocycles. The second kappa shape index (κ2) is 6.54. The summed E-state index contributed by atoms with van der Waals surface area (Å²) in [5.41, 5.74) is 0. The van der Waals surface area contributed by atoms with Crippen molar-refractivity contribution >= 4 is 0 Å². The number of aliphatic hydroxyl groups excluding tert-OH is 3. The lowest BCUT2D eigenvalue weighted by molar-refractivity contribution is 0.0929. The zero-order valence-corrected chi connectivity index (χ0v) is 6.90. The molecular weight excluding hydrogens is 146 g/mol. The van der Waals surface area contributed by atoms with Crippen LogP contribution in [0.2, 0.25) is 0 Å². The molecule has 0 rings (SSSR count). The molecule has 0 saturated carbocycles. The first-order chi connectivity index (χ1) is 5.26. The van der Waals surface area contributed by atoms with E-state index in [0.717, 1.165) is 0 Å². The van der Waals surface area contributed by atoms with E-state index in [2.05, 4.69) is 0 Å². The first-order valence-electron chi connectivity index (χ1n) is 3.82. The van der Waals surface area contributed by atoms with Crippen LogP contribution >= 0.6 is 0 Å². The highest BCUT2D eigenvalue weighted by molar-refractivity contribution is 4.64. The van der Waals surface area contributed by atoms with Crippen LogP contribution in [0.15, 0.2) is 0 Å².